The molecule has 0 aliphatic rings. The SMILES string of the molecule is CNCc1cc(=O)[nH]c(-c2ccc(F)cc2C)n1. The van der Waals surface area contributed by atoms with Gasteiger partial charge >= 0.3 is 0 Å². The van der Waals surface area contributed by atoms with E-state index < -0.39 is 0 Å². The molecule has 0 unspecified atom stereocenters. The van der Waals surface area contributed by atoms with Crippen LogP contribution in [0.5, 0.6) is 0 Å². The quantitative estimate of drug-likeness (QED) is 0.866. The molecule has 0 radical (unpaired) electrons. The molecule has 18 heavy (non-hydrogen) atoms. The molecule has 0 spiro atoms. The summed E-state index contributed by atoms with van der Waals surface area (Å²) in [5, 5.41) is 2.94. The van der Waals surface area contributed by atoms with Crippen LogP contribution in [0.15, 0.2) is 29.1 Å². The molecule has 1 aromatic carbocycles. The van der Waals surface area contributed by atoms with Crippen LogP contribution in [-0.4, -0.2) is 17.0 Å². The third-order valence-electron chi connectivity index (χ3n) is 2.60. The summed E-state index contributed by atoms with van der Waals surface area (Å²) in [6.45, 7) is 2.29. The number of aryl methyl sites for hydroxylation is 1. The molecule has 4 nitrogen and oxygen atoms in total. The first-order valence-electron chi connectivity index (χ1n) is 5.61. The summed E-state index contributed by atoms with van der Waals surface area (Å²) in [5.74, 6) is 0.162. The summed E-state index contributed by atoms with van der Waals surface area (Å²) in [4.78, 5) is 18.5. The monoisotopic (exact) mass is 247 g/mol. The average Bonchev–Trinajstić information content (AvgIpc) is 2.28. The summed E-state index contributed by atoms with van der Waals surface area (Å²) < 4.78 is 13.0. The zero-order valence-electron chi connectivity index (χ0n) is 10.2. The van der Waals surface area contributed by atoms with Crippen molar-refractivity contribution >= 4 is 0 Å². The molecule has 0 aliphatic carbocycles. The molecule has 2 N–H and O–H groups in total. The fourth-order valence-electron chi connectivity index (χ4n) is 1.80. The Morgan fingerprint density at radius 3 is 2.83 bits per heavy atom. The van der Waals surface area contributed by atoms with E-state index in [4.69, 9.17) is 0 Å². The number of nitrogens with one attached hydrogen (secondary N) is 2. The van der Waals surface area contributed by atoms with Gasteiger partial charge in [0.15, 0.2) is 0 Å². The molecule has 1 heterocycles. The van der Waals surface area contributed by atoms with E-state index in [1.54, 1.807) is 20.0 Å². The summed E-state index contributed by atoms with van der Waals surface area (Å²) in [6, 6.07) is 5.83. The van der Waals surface area contributed by atoms with Gasteiger partial charge in [-0.3, -0.25) is 4.79 Å². The molecule has 2 aromatic rings. The molecule has 0 aliphatic heterocycles. The van der Waals surface area contributed by atoms with E-state index in [0.717, 1.165) is 11.1 Å². The molecule has 0 saturated carbocycles. The van der Waals surface area contributed by atoms with E-state index >= 15 is 0 Å². The van der Waals surface area contributed by atoms with Crippen molar-refractivity contribution in [3.8, 4) is 11.4 Å². The van der Waals surface area contributed by atoms with Gasteiger partial charge in [-0.05, 0) is 37.7 Å². The fraction of sp³-hybridized carbons (Fsp3) is 0.231. The first kappa shape index (κ1) is 12.4. The van der Waals surface area contributed by atoms with Gasteiger partial charge in [0.05, 0.1) is 5.69 Å². The van der Waals surface area contributed by atoms with Crippen LogP contribution >= 0.6 is 0 Å². The number of H-pyrrole nitrogens is 1. The molecule has 5 heteroatoms. The number of hydrogen-bond donors (Lipinski definition) is 2. The number of aromatic nitrogens is 2. The Labute approximate surface area is 104 Å². The zero-order chi connectivity index (χ0) is 13.1. The van der Waals surface area contributed by atoms with Gasteiger partial charge in [-0.2, -0.15) is 0 Å². The van der Waals surface area contributed by atoms with Gasteiger partial charge in [-0.15, -0.1) is 0 Å². The first-order chi connectivity index (χ1) is 8.60. The number of rotatable bonds is 3. The lowest BCUT2D eigenvalue weighted by Gasteiger charge is -2.07. The van der Waals surface area contributed by atoms with E-state index in [9.17, 15) is 9.18 Å². The minimum atomic E-state index is -0.301. The predicted molar refractivity (Wildman–Crippen MR) is 67.8 cm³/mol. The first-order valence-corrected chi connectivity index (χ1v) is 5.61. The summed E-state index contributed by atoms with van der Waals surface area (Å²) >= 11 is 0. The van der Waals surface area contributed by atoms with E-state index in [0.29, 0.717) is 18.1 Å². The van der Waals surface area contributed by atoms with Crippen LogP contribution in [0.2, 0.25) is 0 Å². The highest BCUT2D eigenvalue weighted by Gasteiger charge is 2.07. The molecule has 0 bridgehead atoms. The number of aromatic amines is 1. The molecule has 0 saturated heterocycles. The third kappa shape index (κ3) is 2.62. The Morgan fingerprint density at radius 1 is 1.39 bits per heavy atom. The van der Waals surface area contributed by atoms with Crippen LogP contribution < -0.4 is 10.9 Å². The van der Waals surface area contributed by atoms with Crippen molar-refractivity contribution in [2.24, 2.45) is 0 Å². The maximum absolute atomic E-state index is 13.0. The second kappa shape index (κ2) is 5.10. The normalized spacial score (nSPS) is 10.6. The molecular weight excluding hydrogens is 233 g/mol. The fourth-order valence-corrected chi connectivity index (χ4v) is 1.80. The van der Waals surface area contributed by atoms with Crippen molar-refractivity contribution in [2.75, 3.05) is 7.05 Å². The lowest BCUT2D eigenvalue weighted by molar-refractivity contribution is 0.627. The second-order valence-corrected chi connectivity index (χ2v) is 4.07. The standard InChI is InChI=1S/C13H14FN3O/c1-8-5-9(14)3-4-11(8)13-16-10(7-15-2)6-12(18)17-13/h3-6,15H,7H2,1-2H3,(H,16,17,18). The predicted octanol–water partition coefficient (Wildman–Crippen LogP) is 1.60. The van der Waals surface area contributed by atoms with Gasteiger partial charge in [0.2, 0.25) is 0 Å². The second-order valence-electron chi connectivity index (χ2n) is 4.07. The minimum Gasteiger partial charge on any atom is -0.314 e. The summed E-state index contributed by atoms with van der Waals surface area (Å²) in [7, 11) is 1.78. The third-order valence-corrected chi connectivity index (χ3v) is 2.60. The van der Waals surface area contributed by atoms with Gasteiger partial charge in [-0.1, -0.05) is 0 Å². The molecule has 2 rings (SSSR count). The van der Waals surface area contributed by atoms with Gasteiger partial charge in [0, 0.05) is 18.2 Å². The lowest BCUT2D eigenvalue weighted by Crippen LogP contribution is -2.15. The Morgan fingerprint density at radius 2 is 2.17 bits per heavy atom. The molecule has 0 amide bonds. The lowest BCUT2D eigenvalue weighted by atomic mass is 10.1. The topological polar surface area (TPSA) is 57.8 Å². The van der Waals surface area contributed by atoms with Crippen LogP contribution in [0.1, 0.15) is 11.3 Å². The highest BCUT2D eigenvalue weighted by Crippen LogP contribution is 2.19. The smallest absolute Gasteiger partial charge is 0.251 e. The molecule has 0 fully saturated rings. The van der Waals surface area contributed by atoms with Crippen molar-refractivity contribution in [3.63, 3.8) is 0 Å². The van der Waals surface area contributed by atoms with E-state index in [2.05, 4.69) is 15.3 Å². The Hall–Kier alpha value is -2.01. The molecular formula is C13H14FN3O. The van der Waals surface area contributed by atoms with Crippen LogP contribution in [0, 0.1) is 12.7 Å². The van der Waals surface area contributed by atoms with Crippen LogP contribution in [-0.2, 0) is 6.54 Å². The Bertz CT molecular complexity index is 622. The van der Waals surface area contributed by atoms with E-state index in [-0.39, 0.29) is 11.4 Å². The van der Waals surface area contributed by atoms with Crippen LogP contribution in [0.4, 0.5) is 4.39 Å². The van der Waals surface area contributed by atoms with Crippen LogP contribution in [0.25, 0.3) is 11.4 Å². The van der Waals surface area contributed by atoms with Crippen molar-refractivity contribution < 1.29 is 4.39 Å². The maximum atomic E-state index is 13.0. The highest BCUT2D eigenvalue weighted by atomic mass is 19.1. The Kier molecular flexibility index (Phi) is 3.53. The molecule has 1 aromatic heterocycles. The van der Waals surface area contributed by atoms with Crippen LogP contribution in [0.3, 0.4) is 0 Å². The van der Waals surface area contributed by atoms with Gasteiger partial charge in [0.25, 0.3) is 5.56 Å². The van der Waals surface area contributed by atoms with Crippen molar-refractivity contribution in [2.45, 2.75) is 13.5 Å². The van der Waals surface area contributed by atoms with Gasteiger partial charge in [-0.25, -0.2) is 9.37 Å². The zero-order valence-corrected chi connectivity index (χ0v) is 10.2. The minimum absolute atomic E-state index is 0.214. The molecule has 0 atom stereocenters. The molecule has 94 valence electrons. The van der Waals surface area contributed by atoms with Gasteiger partial charge in [0.1, 0.15) is 11.6 Å². The van der Waals surface area contributed by atoms with Gasteiger partial charge < -0.3 is 10.3 Å². The summed E-state index contributed by atoms with van der Waals surface area (Å²) in [5.41, 5.74) is 1.90. The number of hydrogen-bond acceptors (Lipinski definition) is 3. The van der Waals surface area contributed by atoms with Crippen molar-refractivity contribution in [1.29, 1.82) is 0 Å². The average molecular weight is 247 g/mol. The number of nitrogens with zero attached hydrogens (tertiary/aromatic N) is 1. The summed E-state index contributed by atoms with van der Waals surface area (Å²) in [6.07, 6.45) is 0. The van der Waals surface area contributed by atoms with Crippen molar-refractivity contribution in [1.82, 2.24) is 15.3 Å². The van der Waals surface area contributed by atoms with E-state index in [1.165, 1.54) is 18.2 Å². The maximum Gasteiger partial charge on any atom is 0.251 e. The number of halogens is 1. The largest absolute Gasteiger partial charge is 0.314 e. The van der Waals surface area contributed by atoms with Crippen molar-refractivity contribution in [3.05, 3.63) is 51.7 Å². The van der Waals surface area contributed by atoms with E-state index in [1.807, 2.05) is 0 Å². The number of benzene rings is 1. The Balaban J connectivity index is 2.53. The highest BCUT2D eigenvalue weighted by molar-refractivity contribution is 5.59.